The summed E-state index contributed by atoms with van der Waals surface area (Å²) in [5.74, 6) is 0.360. The molecule has 9 heteroatoms. The second-order valence-corrected chi connectivity index (χ2v) is 7.43. The summed E-state index contributed by atoms with van der Waals surface area (Å²) in [4.78, 5) is 18.2. The molecule has 1 amide bonds. The average molecular weight is 431 g/mol. The van der Waals surface area contributed by atoms with Crippen molar-refractivity contribution in [1.82, 2.24) is 20.1 Å². The third kappa shape index (κ3) is 4.94. The van der Waals surface area contributed by atoms with E-state index >= 15 is 0 Å². The van der Waals surface area contributed by atoms with Crippen LogP contribution in [0.1, 0.15) is 25.2 Å². The average Bonchev–Trinajstić information content (AvgIpc) is 3.24. The van der Waals surface area contributed by atoms with Gasteiger partial charge in [0.15, 0.2) is 5.82 Å². The van der Waals surface area contributed by atoms with Crippen LogP contribution in [0, 0.1) is 5.82 Å². The van der Waals surface area contributed by atoms with Gasteiger partial charge >= 0.3 is 0 Å². The molecule has 1 aromatic carbocycles. The molecule has 1 aliphatic rings. The largest absolute Gasteiger partial charge is 0.472 e. The lowest BCUT2D eigenvalue weighted by atomic mass is 10.1. The number of nitrogens with zero attached hydrogens (tertiary/aromatic N) is 4. The molecule has 0 aliphatic carbocycles. The quantitative estimate of drug-likeness (QED) is 0.589. The van der Waals surface area contributed by atoms with Crippen molar-refractivity contribution in [3.63, 3.8) is 0 Å². The first-order valence-corrected chi connectivity index (χ1v) is 10.1. The Bertz CT molecular complexity index is 1000. The summed E-state index contributed by atoms with van der Waals surface area (Å²) in [5, 5.41) is 8.67. The molecule has 0 N–H and O–H groups in total. The van der Waals surface area contributed by atoms with Crippen LogP contribution in [0.5, 0.6) is 5.88 Å². The lowest BCUT2D eigenvalue weighted by Crippen LogP contribution is -2.42. The van der Waals surface area contributed by atoms with Gasteiger partial charge in [0.1, 0.15) is 6.10 Å². The van der Waals surface area contributed by atoms with Gasteiger partial charge in [-0.1, -0.05) is 11.6 Å². The molecule has 156 valence electrons. The van der Waals surface area contributed by atoms with Crippen molar-refractivity contribution in [2.24, 2.45) is 0 Å². The van der Waals surface area contributed by atoms with E-state index in [0.29, 0.717) is 49.2 Å². The highest BCUT2D eigenvalue weighted by Crippen LogP contribution is 2.22. The maximum absolute atomic E-state index is 13.7. The summed E-state index contributed by atoms with van der Waals surface area (Å²) < 4.78 is 24.9. The molecule has 0 radical (unpaired) electrons. The third-order valence-corrected chi connectivity index (χ3v) is 5.16. The van der Waals surface area contributed by atoms with Crippen LogP contribution in [-0.4, -0.2) is 45.2 Å². The molecule has 3 aromatic rings. The Balaban J connectivity index is 1.24. The number of aryl methyl sites for hydroxylation is 1. The fourth-order valence-electron chi connectivity index (χ4n) is 3.27. The summed E-state index contributed by atoms with van der Waals surface area (Å²) in [7, 11) is 0. The number of pyridine rings is 1. The van der Waals surface area contributed by atoms with Crippen LogP contribution in [0.25, 0.3) is 11.5 Å². The fourth-order valence-corrected chi connectivity index (χ4v) is 3.40. The van der Waals surface area contributed by atoms with Crippen LogP contribution in [0.4, 0.5) is 4.39 Å². The van der Waals surface area contributed by atoms with Crippen LogP contribution < -0.4 is 4.74 Å². The summed E-state index contributed by atoms with van der Waals surface area (Å²) >= 11 is 5.88. The third-order valence-electron chi connectivity index (χ3n) is 4.91. The van der Waals surface area contributed by atoms with Gasteiger partial charge in [-0.15, -0.1) is 10.2 Å². The summed E-state index contributed by atoms with van der Waals surface area (Å²) in [6.07, 6.45) is 3.24. The molecule has 0 atom stereocenters. The molecule has 0 bridgehead atoms. The summed E-state index contributed by atoms with van der Waals surface area (Å²) in [6, 6.07) is 9.93. The SMILES string of the molecule is O=C(CCc1nnc(-c2ccc(Cl)cc2)o1)N1CCC(Oc2ncccc2F)CC1. The number of likely N-dealkylation sites (tertiary alicyclic amines) is 1. The molecule has 0 saturated carbocycles. The van der Waals surface area contributed by atoms with Gasteiger partial charge in [-0.2, -0.15) is 0 Å². The number of hydrogen-bond acceptors (Lipinski definition) is 6. The van der Waals surface area contributed by atoms with Crippen molar-refractivity contribution < 1.29 is 18.3 Å². The van der Waals surface area contributed by atoms with Gasteiger partial charge in [-0.05, 0) is 36.4 Å². The molecule has 0 unspecified atom stereocenters. The van der Waals surface area contributed by atoms with Crippen molar-refractivity contribution in [2.75, 3.05) is 13.1 Å². The number of ether oxygens (including phenoxy) is 1. The van der Waals surface area contributed by atoms with E-state index < -0.39 is 5.82 Å². The van der Waals surface area contributed by atoms with Crippen LogP contribution in [0.15, 0.2) is 47.0 Å². The molecule has 0 spiro atoms. The standard InChI is InChI=1S/C21H20ClFN4O3/c22-15-5-3-14(4-6-15)20-26-25-18(30-20)7-8-19(28)27-12-9-16(10-13-27)29-21-17(23)2-1-11-24-21/h1-6,11,16H,7-10,12-13H2. The van der Waals surface area contributed by atoms with Crippen LogP contribution in [0.3, 0.4) is 0 Å². The molecule has 4 rings (SSSR count). The Kier molecular flexibility index (Phi) is 6.23. The zero-order valence-corrected chi connectivity index (χ0v) is 16.9. The number of benzene rings is 1. The monoisotopic (exact) mass is 430 g/mol. The van der Waals surface area contributed by atoms with E-state index in [0.717, 1.165) is 5.56 Å². The van der Waals surface area contributed by atoms with Gasteiger partial charge in [0.05, 0.1) is 0 Å². The van der Waals surface area contributed by atoms with Crippen LogP contribution in [-0.2, 0) is 11.2 Å². The van der Waals surface area contributed by atoms with Gasteiger partial charge in [-0.3, -0.25) is 4.79 Å². The van der Waals surface area contributed by atoms with Gasteiger partial charge < -0.3 is 14.1 Å². The van der Waals surface area contributed by atoms with Crippen molar-refractivity contribution in [3.05, 3.63) is 59.3 Å². The smallest absolute Gasteiger partial charge is 0.250 e. The molecular weight excluding hydrogens is 411 g/mol. The highest BCUT2D eigenvalue weighted by molar-refractivity contribution is 6.30. The minimum atomic E-state index is -0.478. The van der Waals surface area contributed by atoms with Crippen molar-refractivity contribution in [2.45, 2.75) is 31.8 Å². The minimum Gasteiger partial charge on any atom is -0.472 e. The van der Waals surface area contributed by atoms with Crippen molar-refractivity contribution in [3.8, 4) is 17.3 Å². The van der Waals surface area contributed by atoms with Crippen molar-refractivity contribution in [1.29, 1.82) is 0 Å². The summed E-state index contributed by atoms with van der Waals surface area (Å²) in [6.45, 7) is 1.11. The Morgan fingerprint density at radius 3 is 2.70 bits per heavy atom. The second-order valence-electron chi connectivity index (χ2n) is 7.00. The van der Waals surface area contributed by atoms with E-state index in [1.165, 1.54) is 18.3 Å². The Hall–Kier alpha value is -3.00. The first kappa shape index (κ1) is 20.3. The lowest BCUT2D eigenvalue weighted by molar-refractivity contribution is -0.133. The first-order chi connectivity index (χ1) is 14.6. The minimum absolute atomic E-state index is 0.00941. The Morgan fingerprint density at radius 1 is 1.20 bits per heavy atom. The van der Waals surface area contributed by atoms with E-state index in [2.05, 4.69) is 15.2 Å². The molecule has 1 aliphatic heterocycles. The van der Waals surface area contributed by atoms with E-state index in [1.54, 1.807) is 29.2 Å². The van der Waals surface area contributed by atoms with Crippen LogP contribution in [0.2, 0.25) is 5.02 Å². The molecule has 1 saturated heterocycles. The molecule has 3 heterocycles. The molecule has 30 heavy (non-hydrogen) atoms. The van der Waals surface area contributed by atoms with Gasteiger partial charge in [-0.25, -0.2) is 9.37 Å². The number of aromatic nitrogens is 3. The zero-order valence-electron chi connectivity index (χ0n) is 16.1. The fraction of sp³-hybridized carbons (Fsp3) is 0.333. The van der Waals surface area contributed by atoms with E-state index in [9.17, 15) is 9.18 Å². The van der Waals surface area contributed by atoms with Crippen LogP contribution >= 0.6 is 11.6 Å². The van der Waals surface area contributed by atoms with Crippen molar-refractivity contribution >= 4 is 17.5 Å². The zero-order chi connectivity index (χ0) is 20.9. The number of rotatable bonds is 6. The number of amides is 1. The normalized spacial score (nSPS) is 14.7. The molecule has 2 aromatic heterocycles. The first-order valence-electron chi connectivity index (χ1n) is 9.72. The number of hydrogen-bond donors (Lipinski definition) is 0. The number of carbonyl (C=O) groups excluding carboxylic acids is 1. The number of halogens is 2. The second kappa shape index (κ2) is 9.21. The topological polar surface area (TPSA) is 81.4 Å². The van der Waals surface area contributed by atoms with E-state index in [1.807, 2.05) is 0 Å². The molecule has 1 fully saturated rings. The molecule has 7 nitrogen and oxygen atoms in total. The van der Waals surface area contributed by atoms with Gasteiger partial charge in [0, 0.05) is 55.6 Å². The predicted octanol–water partition coefficient (Wildman–Crippen LogP) is 3.93. The Labute approximate surface area is 177 Å². The van der Waals surface area contributed by atoms with Gasteiger partial charge in [0.25, 0.3) is 5.88 Å². The number of piperidine rings is 1. The molecular formula is C21H20ClFN4O3. The maximum atomic E-state index is 13.7. The predicted molar refractivity (Wildman–Crippen MR) is 107 cm³/mol. The summed E-state index contributed by atoms with van der Waals surface area (Å²) in [5.41, 5.74) is 0.774. The lowest BCUT2D eigenvalue weighted by Gasteiger charge is -2.32. The van der Waals surface area contributed by atoms with E-state index in [-0.39, 0.29) is 24.3 Å². The highest BCUT2D eigenvalue weighted by Gasteiger charge is 2.25. The maximum Gasteiger partial charge on any atom is 0.250 e. The van der Waals surface area contributed by atoms with E-state index in [4.69, 9.17) is 20.8 Å². The highest BCUT2D eigenvalue weighted by atomic mass is 35.5. The van der Waals surface area contributed by atoms with Gasteiger partial charge in [0.2, 0.25) is 17.7 Å². The number of carbonyl (C=O) groups is 1. The Morgan fingerprint density at radius 2 is 1.97 bits per heavy atom.